The van der Waals surface area contributed by atoms with Crippen molar-refractivity contribution < 1.29 is 9.30 Å². The summed E-state index contributed by atoms with van der Waals surface area (Å²) in [5.41, 5.74) is 17.3. The van der Waals surface area contributed by atoms with E-state index in [0.717, 1.165) is 55.8 Å². The normalized spacial score (nSPS) is 12.6. The highest BCUT2D eigenvalue weighted by Gasteiger charge is 2.42. The zero-order chi connectivity index (χ0) is 57.7. The maximum Gasteiger partial charge on any atom is 0.255 e. The Labute approximate surface area is 494 Å². The van der Waals surface area contributed by atoms with Crippen molar-refractivity contribution in [1.29, 1.82) is 0 Å². The quantitative estimate of drug-likeness (QED) is 0.0864. The van der Waals surface area contributed by atoms with Gasteiger partial charge in [-0.25, -0.2) is 4.98 Å². The van der Waals surface area contributed by atoms with Gasteiger partial charge in [0.15, 0.2) is 19.1 Å². The van der Waals surface area contributed by atoms with Crippen LogP contribution in [0.4, 0.5) is 0 Å². The third kappa shape index (κ3) is 8.73. The van der Waals surface area contributed by atoms with Crippen LogP contribution in [0.15, 0.2) is 255 Å². The molecule has 4 heterocycles. The average molecular weight is 1110 g/mol. The van der Waals surface area contributed by atoms with Gasteiger partial charge in [-0.1, -0.05) is 232 Å². The first-order valence-electron chi connectivity index (χ1n) is 29.5. The third-order valence-electron chi connectivity index (χ3n) is 17.5. The first-order chi connectivity index (χ1) is 40.6. The van der Waals surface area contributed by atoms with Gasteiger partial charge in [0, 0.05) is 45.8 Å². The van der Waals surface area contributed by atoms with Crippen molar-refractivity contribution in [1.82, 2.24) is 14.1 Å². The molecule has 0 unspecified atom stereocenters. The van der Waals surface area contributed by atoms with Crippen LogP contribution >= 0.6 is 0 Å². The number of benzene rings is 10. The molecule has 14 rings (SSSR count). The van der Waals surface area contributed by atoms with E-state index in [2.05, 4.69) is 325 Å². The van der Waals surface area contributed by atoms with E-state index in [1.165, 1.54) is 76.5 Å². The molecule has 0 atom stereocenters. The largest absolute Gasteiger partial charge is 0.457 e. The molecule has 0 amide bonds. The van der Waals surface area contributed by atoms with Gasteiger partial charge in [0.05, 0.1) is 11.0 Å². The molecular weight excluding hydrogens is 1040 g/mol. The van der Waals surface area contributed by atoms with E-state index in [9.17, 15) is 0 Å². The Balaban J connectivity index is 0.953. The summed E-state index contributed by atoms with van der Waals surface area (Å²) in [7, 11) is -2.88. The van der Waals surface area contributed by atoms with Gasteiger partial charge in [-0.2, -0.15) is 9.13 Å². The third-order valence-corrected chi connectivity index (χ3v) is 22.2. The Morgan fingerprint density at radius 2 is 0.917 bits per heavy atom. The molecule has 84 heavy (non-hydrogen) atoms. The van der Waals surface area contributed by atoms with Gasteiger partial charge in [-0.15, -0.1) is 0 Å². The molecule has 0 saturated heterocycles. The van der Waals surface area contributed by atoms with Gasteiger partial charge < -0.3 is 4.74 Å². The van der Waals surface area contributed by atoms with E-state index in [1.807, 2.05) is 6.20 Å². The highest BCUT2D eigenvalue weighted by molar-refractivity contribution is 7.20. The lowest BCUT2D eigenvalue weighted by molar-refractivity contribution is -0.567. The lowest BCUT2D eigenvalue weighted by Crippen LogP contribution is -2.74. The molecule has 5 nitrogen and oxygen atoms in total. The number of nitrogens with zero attached hydrogens (tertiary/aromatic N) is 4. The molecule has 1 aliphatic rings. The number of imidazole rings is 1. The number of pyridine rings is 1. The van der Waals surface area contributed by atoms with Crippen molar-refractivity contribution in [2.75, 3.05) is 0 Å². The van der Waals surface area contributed by atoms with E-state index < -0.39 is 8.07 Å². The lowest BCUT2D eigenvalue weighted by Gasteiger charge is -2.34. The fourth-order valence-electron chi connectivity index (χ4n) is 13.3. The van der Waals surface area contributed by atoms with Crippen LogP contribution in [0.25, 0.3) is 83.4 Å². The van der Waals surface area contributed by atoms with Crippen LogP contribution in [0, 0.1) is 0 Å². The number of para-hydroxylation sites is 1. The smallest absolute Gasteiger partial charge is 0.255 e. The van der Waals surface area contributed by atoms with Crippen molar-refractivity contribution in [2.45, 2.75) is 78.6 Å². The minimum absolute atomic E-state index is 0.0779. The minimum atomic E-state index is -2.88. The SMILES string of the molecule is CC(C)(C)c1ccnc(-n2c3cc(Oc4cccc(-n5c[n+]6c7c(cccc75)-c5ccccc5-c5ccccc5-c5cc(C(C)(C)C)cc(C(C)(C)C)c5-6)c4)ccc3c3ccc([Si](c4ccccc4)(c4ccccc4)c4ccccc4)cc32)c1. The lowest BCUT2D eigenvalue weighted by atomic mass is 9.77. The second-order valence-electron chi connectivity index (χ2n) is 25.9. The summed E-state index contributed by atoms with van der Waals surface area (Å²) in [4.78, 5) is 5.18. The molecule has 0 fully saturated rings. The Kier molecular flexibility index (Phi) is 12.5. The molecule has 6 heteroatoms. The van der Waals surface area contributed by atoms with Gasteiger partial charge in [0.1, 0.15) is 28.7 Å². The van der Waals surface area contributed by atoms with Gasteiger partial charge in [-0.3, -0.25) is 4.57 Å². The maximum atomic E-state index is 7.11. The van der Waals surface area contributed by atoms with Gasteiger partial charge >= 0.3 is 0 Å². The summed E-state index contributed by atoms with van der Waals surface area (Å²) in [6.07, 6.45) is 4.28. The molecular formula is C78H69N4OSi+. The van der Waals surface area contributed by atoms with Gasteiger partial charge in [0.2, 0.25) is 0 Å². The molecule has 0 saturated carbocycles. The predicted molar refractivity (Wildman–Crippen MR) is 353 cm³/mol. The van der Waals surface area contributed by atoms with Crippen molar-refractivity contribution in [3.05, 3.63) is 272 Å². The summed E-state index contributed by atoms with van der Waals surface area (Å²) >= 11 is 0. The number of hydrogen-bond acceptors (Lipinski definition) is 2. The second kappa shape index (κ2) is 19.9. The number of ether oxygens (including phenoxy) is 1. The first-order valence-corrected chi connectivity index (χ1v) is 31.5. The number of rotatable bonds is 8. The molecule has 0 spiro atoms. The van der Waals surface area contributed by atoms with E-state index >= 15 is 0 Å². The van der Waals surface area contributed by atoms with E-state index in [-0.39, 0.29) is 16.2 Å². The molecule has 0 N–H and O–H groups in total. The summed E-state index contributed by atoms with van der Waals surface area (Å²) in [5.74, 6) is 2.35. The van der Waals surface area contributed by atoms with Crippen LogP contribution in [0.3, 0.4) is 0 Å². The Morgan fingerprint density at radius 1 is 0.393 bits per heavy atom. The molecule has 3 aromatic heterocycles. The van der Waals surface area contributed by atoms with Crippen molar-refractivity contribution in [3.8, 4) is 62.1 Å². The van der Waals surface area contributed by atoms with E-state index in [1.54, 1.807) is 0 Å². The van der Waals surface area contributed by atoms with Gasteiger partial charge in [-0.05, 0) is 131 Å². The molecule has 0 bridgehead atoms. The van der Waals surface area contributed by atoms with E-state index in [0.29, 0.717) is 0 Å². The molecule has 0 aliphatic carbocycles. The second-order valence-corrected chi connectivity index (χ2v) is 29.7. The van der Waals surface area contributed by atoms with Gasteiger partial charge in [0.25, 0.3) is 6.33 Å². The Morgan fingerprint density at radius 3 is 1.51 bits per heavy atom. The van der Waals surface area contributed by atoms with Crippen LogP contribution in [0.5, 0.6) is 11.5 Å². The highest BCUT2D eigenvalue weighted by atomic mass is 28.3. The average Bonchev–Trinajstić information content (AvgIpc) is 1.72. The monoisotopic (exact) mass is 1110 g/mol. The fourth-order valence-corrected chi connectivity index (χ4v) is 18.0. The van der Waals surface area contributed by atoms with Crippen molar-refractivity contribution in [2.24, 2.45) is 0 Å². The maximum absolute atomic E-state index is 7.11. The molecule has 10 aromatic carbocycles. The molecule has 410 valence electrons. The summed E-state index contributed by atoms with van der Waals surface area (Å²) < 4.78 is 14.3. The molecule has 13 aromatic rings. The Hall–Kier alpha value is -9.36. The first kappa shape index (κ1) is 52.7. The number of hydrogen-bond donors (Lipinski definition) is 0. The number of fused-ring (bicyclic) bond motifs is 10. The summed E-state index contributed by atoms with van der Waals surface area (Å²) in [6, 6.07) is 89.9. The highest BCUT2D eigenvalue weighted by Crippen LogP contribution is 2.47. The zero-order valence-corrected chi connectivity index (χ0v) is 50.4. The standard InChI is InChI=1S/C78H69N4OSi/c1-76(2,3)52-43-44-79-73(47-52)82-71-49-56(39-41-65(71)66-42-40-60(50-72(66)82)84(57-27-13-10-14-28-57,58-29-15-11-16-30-58)59-31-17-12-18-32-59)83-55-26-23-25-54(48-55)80-51-81-74-68(45-53(77(4,5)6)46-69(74)78(7,8)9)64-36-22-20-34-62(64)61-33-19-21-35-63(61)67-37-24-38-70(80)75(67)81/h10-51H,1-9H3/q+1. The summed E-state index contributed by atoms with van der Waals surface area (Å²) in [5, 5.41) is 7.58. The van der Waals surface area contributed by atoms with Crippen LogP contribution in [0.2, 0.25) is 0 Å². The van der Waals surface area contributed by atoms with Crippen molar-refractivity contribution in [3.63, 3.8) is 0 Å². The Bertz CT molecular complexity index is 4590. The van der Waals surface area contributed by atoms with Crippen LogP contribution < -0.4 is 30.1 Å². The van der Waals surface area contributed by atoms with Crippen LogP contribution in [-0.4, -0.2) is 22.2 Å². The zero-order valence-electron chi connectivity index (χ0n) is 49.4. The summed E-state index contributed by atoms with van der Waals surface area (Å²) in [6.45, 7) is 20.9. The van der Waals surface area contributed by atoms with Crippen LogP contribution in [-0.2, 0) is 16.2 Å². The van der Waals surface area contributed by atoms with E-state index in [4.69, 9.17) is 9.72 Å². The molecule has 0 radical (unpaired) electrons. The minimum Gasteiger partial charge on any atom is -0.457 e. The van der Waals surface area contributed by atoms with Crippen molar-refractivity contribution >= 4 is 61.7 Å². The fraction of sp³-hybridized carbons (Fsp3) is 0.154. The number of aromatic nitrogens is 4. The molecule has 1 aliphatic heterocycles. The van der Waals surface area contributed by atoms with Crippen LogP contribution in [0.1, 0.15) is 79.0 Å². The topological polar surface area (TPSA) is 35.9 Å². The predicted octanol–water partition coefficient (Wildman–Crippen LogP) is 16.8.